The molecule has 0 N–H and O–H groups in total. The number of carbonyl (C=O) groups excluding carboxylic acids is 2. The Balaban J connectivity index is 1.75. The molecule has 0 aromatic rings. The molecule has 2 aliphatic carbocycles. The molecule has 3 nitrogen and oxygen atoms in total. The monoisotopic (exact) mass is 304 g/mol. The summed E-state index contributed by atoms with van der Waals surface area (Å²) in [5.74, 6) is 0.264. The number of carbonyl (C=O) groups is 2. The smallest absolute Gasteiger partial charge is 0.306 e. The van der Waals surface area contributed by atoms with Crippen molar-refractivity contribution in [2.75, 3.05) is 6.61 Å². The predicted octanol–water partition coefficient (Wildman–Crippen LogP) is 4.23. The van der Waals surface area contributed by atoms with Crippen LogP contribution in [0.5, 0.6) is 0 Å². The third-order valence-electron chi connectivity index (χ3n) is 5.54. The van der Waals surface area contributed by atoms with Gasteiger partial charge in [0.05, 0.1) is 0 Å². The number of ketones is 1. The second-order valence-electron chi connectivity index (χ2n) is 7.40. The number of Topliss-reactive ketones (excluding diaryl/α,β-unsaturated/α-hetero) is 1. The van der Waals surface area contributed by atoms with Gasteiger partial charge in [-0.05, 0) is 43.4 Å². The van der Waals surface area contributed by atoms with Crippen molar-refractivity contribution >= 4 is 11.8 Å². The predicted molar refractivity (Wildman–Crippen MR) is 87.3 cm³/mol. The van der Waals surface area contributed by atoms with E-state index in [4.69, 9.17) is 4.74 Å². The fraction of sp³-hybridized carbons (Fsp3) is 0.684. The Morgan fingerprint density at radius 1 is 1.23 bits per heavy atom. The number of ether oxygens (including phenoxy) is 1. The summed E-state index contributed by atoms with van der Waals surface area (Å²) in [6, 6.07) is 0. The van der Waals surface area contributed by atoms with E-state index in [1.165, 1.54) is 6.42 Å². The molecule has 2 aliphatic rings. The molecule has 0 saturated heterocycles. The van der Waals surface area contributed by atoms with E-state index in [9.17, 15) is 9.59 Å². The van der Waals surface area contributed by atoms with Gasteiger partial charge in [-0.1, -0.05) is 45.1 Å². The highest BCUT2D eigenvalue weighted by atomic mass is 16.5. The molecule has 22 heavy (non-hydrogen) atoms. The summed E-state index contributed by atoms with van der Waals surface area (Å²) in [4.78, 5) is 24.3. The van der Waals surface area contributed by atoms with Gasteiger partial charge in [-0.25, -0.2) is 0 Å². The van der Waals surface area contributed by atoms with Crippen LogP contribution in [0.25, 0.3) is 0 Å². The molecule has 2 atom stereocenters. The Labute approximate surface area is 133 Å². The lowest BCUT2D eigenvalue weighted by atomic mass is 9.66. The summed E-state index contributed by atoms with van der Waals surface area (Å²) in [5, 5.41) is 0. The van der Waals surface area contributed by atoms with Crippen molar-refractivity contribution in [3.05, 3.63) is 24.3 Å². The molecule has 1 unspecified atom stereocenters. The zero-order valence-electron chi connectivity index (χ0n) is 14.1. The number of hydrogen-bond acceptors (Lipinski definition) is 3. The summed E-state index contributed by atoms with van der Waals surface area (Å²) < 4.78 is 5.23. The van der Waals surface area contributed by atoms with Crippen LogP contribution in [0.4, 0.5) is 0 Å². The van der Waals surface area contributed by atoms with Crippen molar-refractivity contribution in [3.8, 4) is 0 Å². The van der Waals surface area contributed by atoms with Gasteiger partial charge in [-0.15, -0.1) is 0 Å². The SMILES string of the molecule is CC1(C)C=CC[C@@]1(C)C(=O)COC(=O)CCC1C=CCCC1. The zero-order chi connectivity index (χ0) is 16.2. The molecule has 0 spiro atoms. The van der Waals surface area contributed by atoms with Crippen LogP contribution in [0, 0.1) is 16.7 Å². The maximum Gasteiger partial charge on any atom is 0.306 e. The van der Waals surface area contributed by atoms with Gasteiger partial charge in [0, 0.05) is 11.8 Å². The quantitative estimate of drug-likeness (QED) is 0.545. The molecule has 122 valence electrons. The van der Waals surface area contributed by atoms with Gasteiger partial charge in [-0.3, -0.25) is 9.59 Å². The fourth-order valence-corrected chi connectivity index (χ4v) is 3.31. The summed E-state index contributed by atoms with van der Waals surface area (Å²) in [5.41, 5.74) is -0.636. The van der Waals surface area contributed by atoms with Gasteiger partial charge in [0.25, 0.3) is 0 Å². The summed E-state index contributed by atoms with van der Waals surface area (Å²) in [6.07, 6.45) is 14.0. The van der Waals surface area contributed by atoms with Crippen molar-refractivity contribution in [2.45, 2.75) is 59.3 Å². The maximum absolute atomic E-state index is 12.5. The largest absolute Gasteiger partial charge is 0.458 e. The highest BCUT2D eigenvalue weighted by Gasteiger charge is 2.47. The second kappa shape index (κ2) is 6.80. The first-order valence-corrected chi connectivity index (χ1v) is 8.38. The first kappa shape index (κ1) is 17.0. The average molecular weight is 304 g/mol. The van der Waals surface area contributed by atoms with E-state index in [-0.39, 0.29) is 23.8 Å². The molecule has 0 amide bonds. The van der Waals surface area contributed by atoms with E-state index in [1.54, 1.807) is 0 Å². The zero-order valence-corrected chi connectivity index (χ0v) is 14.1. The normalized spacial score (nSPS) is 29.5. The molecule has 0 radical (unpaired) electrons. The number of hydrogen-bond donors (Lipinski definition) is 0. The summed E-state index contributed by atoms with van der Waals surface area (Å²) >= 11 is 0. The van der Waals surface area contributed by atoms with Crippen LogP contribution in [0.3, 0.4) is 0 Å². The van der Waals surface area contributed by atoms with Crippen molar-refractivity contribution in [2.24, 2.45) is 16.7 Å². The van der Waals surface area contributed by atoms with Crippen LogP contribution in [0.2, 0.25) is 0 Å². The lowest BCUT2D eigenvalue weighted by Crippen LogP contribution is -2.40. The molecule has 0 saturated carbocycles. The molecule has 2 rings (SSSR count). The van der Waals surface area contributed by atoms with Crippen LogP contribution < -0.4 is 0 Å². The molecule has 0 aromatic carbocycles. The molecule has 0 aromatic heterocycles. The van der Waals surface area contributed by atoms with Gasteiger partial charge in [-0.2, -0.15) is 0 Å². The second-order valence-corrected chi connectivity index (χ2v) is 7.40. The summed E-state index contributed by atoms with van der Waals surface area (Å²) in [6.45, 7) is 5.99. The van der Waals surface area contributed by atoms with Gasteiger partial charge >= 0.3 is 5.97 Å². The van der Waals surface area contributed by atoms with E-state index in [2.05, 4.69) is 38.2 Å². The Bertz CT molecular complexity index is 487. The van der Waals surface area contributed by atoms with Crippen molar-refractivity contribution in [1.82, 2.24) is 0 Å². The number of rotatable bonds is 6. The van der Waals surface area contributed by atoms with Crippen molar-refractivity contribution in [1.29, 1.82) is 0 Å². The molecule has 0 fully saturated rings. The molecular weight excluding hydrogens is 276 g/mol. The Morgan fingerprint density at radius 2 is 2.00 bits per heavy atom. The summed E-state index contributed by atoms with van der Waals surface area (Å²) in [7, 11) is 0. The third kappa shape index (κ3) is 3.68. The topological polar surface area (TPSA) is 43.4 Å². The maximum atomic E-state index is 12.5. The Hall–Kier alpha value is -1.38. The number of allylic oxidation sites excluding steroid dienone is 4. The lowest BCUT2D eigenvalue weighted by molar-refractivity contribution is -0.152. The van der Waals surface area contributed by atoms with Crippen LogP contribution in [0.15, 0.2) is 24.3 Å². The fourth-order valence-electron chi connectivity index (χ4n) is 3.31. The molecule has 0 heterocycles. The minimum Gasteiger partial charge on any atom is -0.458 e. The molecule has 3 heteroatoms. The van der Waals surface area contributed by atoms with E-state index in [0.29, 0.717) is 12.3 Å². The lowest BCUT2D eigenvalue weighted by Gasteiger charge is -2.36. The first-order chi connectivity index (χ1) is 10.3. The van der Waals surface area contributed by atoms with Gasteiger partial charge in [0.1, 0.15) is 0 Å². The Morgan fingerprint density at radius 3 is 2.59 bits per heavy atom. The highest BCUT2D eigenvalue weighted by Crippen LogP contribution is 2.48. The third-order valence-corrected chi connectivity index (χ3v) is 5.54. The van der Waals surface area contributed by atoms with Gasteiger partial charge < -0.3 is 4.74 Å². The molecule has 0 bridgehead atoms. The van der Waals surface area contributed by atoms with E-state index in [0.717, 1.165) is 25.7 Å². The van der Waals surface area contributed by atoms with Gasteiger partial charge in [0.15, 0.2) is 12.4 Å². The average Bonchev–Trinajstić information content (AvgIpc) is 2.78. The number of esters is 1. The van der Waals surface area contributed by atoms with Crippen LogP contribution in [-0.2, 0) is 14.3 Å². The highest BCUT2D eigenvalue weighted by molar-refractivity contribution is 5.89. The molecule has 0 aliphatic heterocycles. The standard InChI is InChI=1S/C19H28O3/c1-18(2)12-7-13-19(18,3)16(20)14-22-17(21)11-10-15-8-5-4-6-9-15/h5,7-8,12,15H,4,6,9-11,13-14H2,1-3H3/t15?,19-/m0/s1. The minimum atomic E-state index is -0.459. The van der Waals surface area contributed by atoms with Crippen molar-refractivity contribution < 1.29 is 14.3 Å². The van der Waals surface area contributed by atoms with E-state index in [1.807, 2.05) is 6.92 Å². The first-order valence-electron chi connectivity index (χ1n) is 8.38. The van der Waals surface area contributed by atoms with E-state index >= 15 is 0 Å². The van der Waals surface area contributed by atoms with Crippen LogP contribution >= 0.6 is 0 Å². The van der Waals surface area contributed by atoms with Crippen LogP contribution in [0.1, 0.15) is 59.3 Å². The van der Waals surface area contributed by atoms with Gasteiger partial charge in [0.2, 0.25) is 0 Å². The van der Waals surface area contributed by atoms with Crippen LogP contribution in [-0.4, -0.2) is 18.4 Å². The van der Waals surface area contributed by atoms with E-state index < -0.39 is 5.41 Å². The Kier molecular flexibility index (Phi) is 5.25. The minimum absolute atomic E-state index is 0.0217. The molecular formula is C19H28O3. The van der Waals surface area contributed by atoms with Crippen molar-refractivity contribution in [3.63, 3.8) is 0 Å².